The van der Waals surface area contributed by atoms with Gasteiger partial charge in [0.2, 0.25) is 0 Å². The van der Waals surface area contributed by atoms with E-state index in [-0.39, 0.29) is 69.8 Å². The largest absolute Gasteiger partial charge is 0.494 e. The van der Waals surface area contributed by atoms with Gasteiger partial charge in [-0.1, -0.05) is 11.6 Å². The second-order valence-corrected chi connectivity index (χ2v) is 12.0. The van der Waals surface area contributed by atoms with Gasteiger partial charge in [-0.2, -0.15) is 0 Å². The predicted molar refractivity (Wildman–Crippen MR) is 169 cm³/mol. The van der Waals surface area contributed by atoms with Crippen LogP contribution in [0.1, 0.15) is 66.7 Å². The topological polar surface area (TPSA) is 89.6 Å². The fraction of sp³-hybridized carbons (Fsp3) is 0.576. The summed E-state index contributed by atoms with van der Waals surface area (Å²) in [6.07, 6.45) is 3.89. The summed E-state index contributed by atoms with van der Waals surface area (Å²) in [7, 11) is 4.71. The van der Waals surface area contributed by atoms with Crippen LogP contribution >= 0.6 is 11.6 Å². The molecule has 11 heteroatoms. The van der Waals surface area contributed by atoms with Crippen LogP contribution in [0.3, 0.4) is 0 Å². The van der Waals surface area contributed by atoms with Crippen LogP contribution in [0.5, 0.6) is 11.5 Å². The molecule has 0 saturated carbocycles. The maximum atomic E-state index is 16.0. The summed E-state index contributed by atoms with van der Waals surface area (Å²) in [5.74, 6) is -0.935. The van der Waals surface area contributed by atoms with Gasteiger partial charge in [-0.15, -0.1) is 0 Å². The molecule has 242 valence electrons. The van der Waals surface area contributed by atoms with Gasteiger partial charge in [-0.05, 0) is 70.3 Å². The quantitative estimate of drug-likeness (QED) is 0.312. The van der Waals surface area contributed by atoms with Gasteiger partial charge in [-0.3, -0.25) is 9.59 Å². The summed E-state index contributed by atoms with van der Waals surface area (Å²) in [5, 5.41) is 3.54. The summed E-state index contributed by atoms with van der Waals surface area (Å²) in [4.78, 5) is 31.2. The van der Waals surface area contributed by atoms with Crippen LogP contribution < -0.4 is 14.8 Å². The predicted octanol–water partition coefficient (Wildman–Crippen LogP) is 5.42. The van der Waals surface area contributed by atoms with Crippen molar-refractivity contribution in [2.75, 3.05) is 60.8 Å². The first-order valence-electron chi connectivity index (χ1n) is 15.4. The molecule has 9 nitrogen and oxygen atoms in total. The van der Waals surface area contributed by atoms with E-state index >= 15 is 4.39 Å². The molecule has 2 saturated heterocycles. The van der Waals surface area contributed by atoms with Crippen molar-refractivity contribution in [1.82, 2.24) is 15.1 Å². The molecule has 1 unspecified atom stereocenters. The number of amides is 2. The number of hydrogen-bond donors (Lipinski definition) is 1. The molecule has 2 heterocycles. The van der Waals surface area contributed by atoms with E-state index in [0.717, 1.165) is 32.2 Å². The molecule has 44 heavy (non-hydrogen) atoms. The first kappa shape index (κ1) is 34.0. The summed E-state index contributed by atoms with van der Waals surface area (Å²) in [6.45, 7) is 7.49. The van der Waals surface area contributed by atoms with Gasteiger partial charge in [0, 0.05) is 81.8 Å². The molecule has 0 radical (unpaired) electrons. The lowest BCUT2D eigenvalue weighted by Crippen LogP contribution is -2.51. The first-order chi connectivity index (χ1) is 21.2. The van der Waals surface area contributed by atoms with Crippen molar-refractivity contribution < 1.29 is 32.9 Å². The zero-order chi connectivity index (χ0) is 31.8. The van der Waals surface area contributed by atoms with E-state index < -0.39 is 5.82 Å². The third-order valence-electron chi connectivity index (χ3n) is 8.36. The van der Waals surface area contributed by atoms with Crippen molar-refractivity contribution in [3.05, 3.63) is 46.2 Å². The SMILES string of the molecule is COCCCOc1cc(C(=O)N(C(C)C)C2CCCNC2)c(Cl)cc1-c1cc(C(=O)N(C)C2CCOCC2)cc(OC)c1F. The molecule has 2 fully saturated rings. The number of carbonyl (C=O) groups is 2. The molecule has 4 rings (SSSR count). The molecule has 2 amide bonds. The fourth-order valence-corrected chi connectivity index (χ4v) is 6.22. The summed E-state index contributed by atoms with van der Waals surface area (Å²) in [5.41, 5.74) is 0.950. The number of rotatable bonds is 12. The lowest BCUT2D eigenvalue weighted by molar-refractivity contribution is 0.0361. The Morgan fingerprint density at radius 3 is 2.41 bits per heavy atom. The Labute approximate surface area is 264 Å². The Kier molecular flexibility index (Phi) is 12.3. The van der Waals surface area contributed by atoms with E-state index in [4.69, 9.17) is 30.5 Å². The average Bonchev–Trinajstić information content (AvgIpc) is 3.03. The van der Waals surface area contributed by atoms with Crippen LogP contribution in [-0.2, 0) is 9.47 Å². The Morgan fingerprint density at radius 1 is 1.02 bits per heavy atom. The van der Waals surface area contributed by atoms with Gasteiger partial charge < -0.3 is 34.1 Å². The molecule has 2 aliphatic rings. The van der Waals surface area contributed by atoms with Crippen molar-refractivity contribution in [2.24, 2.45) is 0 Å². The van der Waals surface area contributed by atoms with Gasteiger partial charge >= 0.3 is 0 Å². The normalized spacial score (nSPS) is 17.4. The van der Waals surface area contributed by atoms with Crippen LogP contribution in [0.2, 0.25) is 5.02 Å². The maximum absolute atomic E-state index is 16.0. The standard InChI is InChI=1S/C33H45ClFN3O6/c1-21(2)38(24-8-6-11-36-20-24)33(40)27-19-29(44-13-7-12-41-4)25(18-28(27)34)26-16-22(17-30(42-5)31(26)35)32(39)37(3)23-9-14-43-15-10-23/h16-19,21,23-24,36H,6-15,20H2,1-5H3. The summed E-state index contributed by atoms with van der Waals surface area (Å²) >= 11 is 6.82. The van der Waals surface area contributed by atoms with Gasteiger partial charge in [0.25, 0.3) is 11.8 Å². The molecule has 2 aliphatic heterocycles. The van der Waals surface area contributed by atoms with Crippen LogP contribution in [0, 0.1) is 5.82 Å². The van der Waals surface area contributed by atoms with Crippen molar-refractivity contribution in [1.29, 1.82) is 0 Å². The molecular weight excluding hydrogens is 589 g/mol. The number of piperidine rings is 1. The van der Waals surface area contributed by atoms with Crippen molar-refractivity contribution in [3.63, 3.8) is 0 Å². The molecule has 2 aromatic carbocycles. The van der Waals surface area contributed by atoms with Crippen molar-refractivity contribution in [2.45, 2.75) is 64.1 Å². The average molecular weight is 634 g/mol. The smallest absolute Gasteiger partial charge is 0.256 e. The third-order valence-corrected chi connectivity index (χ3v) is 8.67. The molecular formula is C33H45ClFN3O6. The van der Waals surface area contributed by atoms with Crippen LogP contribution in [0.15, 0.2) is 24.3 Å². The fourth-order valence-electron chi connectivity index (χ4n) is 5.97. The van der Waals surface area contributed by atoms with E-state index in [1.54, 1.807) is 31.2 Å². The van der Waals surface area contributed by atoms with E-state index in [9.17, 15) is 9.59 Å². The first-order valence-corrected chi connectivity index (χ1v) is 15.8. The molecule has 1 atom stereocenters. The van der Waals surface area contributed by atoms with Gasteiger partial charge in [-0.25, -0.2) is 4.39 Å². The van der Waals surface area contributed by atoms with Gasteiger partial charge in [0.15, 0.2) is 11.6 Å². The zero-order valence-corrected chi connectivity index (χ0v) is 27.2. The molecule has 1 N–H and O–H groups in total. The monoisotopic (exact) mass is 633 g/mol. The zero-order valence-electron chi connectivity index (χ0n) is 26.4. The Morgan fingerprint density at radius 2 is 1.77 bits per heavy atom. The molecule has 0 spiro atoms. The number of halogens is 2. The van der Waals surface area contributed by atoms with Gasteiger partial charge in [0.05, 0.1) is 24.3 Å². The van der Waals surface area contributed by atoms with Crippen molar-refractivity contribution >= 4 is 23.4 Å². The highest BCUT2D eigenvalue weighted by Crippen LogP contribution is 2.40. The van der Waals surface area contributed by atoms with E-state index in [2.05, 4.69) is 5.32 Å². The minimum Gasteiger partial charge on any atom is -0.494 e. The Bertz CT molecular complexity index is 1300. The summed E-state index contributed by atoms with van der Waals surface area (Å²) < 4.78 is 38.1. The Balaban J connectivity index is 1.78. The van der Waals surface area contributed by atoms with Crippen LogP contribution in [0.4, 0.5) is 4.39 Å². The second kappa shape index (κ2) is 15.9. The number of carbonyl (C=O) groups excluding carboxylic acids is 2. The summed E-state index contributed by atoms with van der Waals surface area (Å²) in [6, 6.07) is 6.02. The lowest BCUT2D eigenvalue weighted by Gasteiger charge is -2.38. The number of nitrogens with one attached hydrogen (secondary N) is 1. The van der Waals surface area contributed by atoms with E-state index in [0.29, 0.717) is 38.3 Å². The molecule has 2 aromatic rings. The molecule has 0 aliphatic carbocycles. The number of hydrogen-bond acceptors (Lipinski definition) is 7. The highest BCUT2D eigenvalue weighted by Gasteiger charge is 2.31. The molecule has 0 bridgehead atoms. The number of nitrogens with zero attached hydrogens (tertiary/aromatic N) is 2. The third kappa shape index (κ3) is 7.83. The number of benzene rings is 2. The molecule has 0 aromatic heterocycles. The minimum atomic E-state index is -0.660. The highest BCUT2D eigenvalue weighted by molar-refractivity contribution is 6.34. The van der Waals surface area contributed by atoms with E-state index in [1.807, 2.05) is 18.7 Å². The van der Waals surface area contributed by atoms with Crippen LogP contribution in [-0.4, -0.2) is 101 Å². The minimum absolute atomic E-state index is 0.0124. The Hall–Kier alpha value is -2.92. The number of methoxy groups -OCH3 is 2. The van der Waals surface area contributed by atoms with E-state index in [1.165, 1.54) is 19.2 Å². The van der Waals surface area contributed by atoms with Crippen LogP contribution in [0.25, 0.3) is 11.1 Å². The highest BCUT2D eigenvalue weighted by atomic mass is 35.5. The van der Waals surface area contributed by atoms with Gasteiger partial charge in [0.1, 0.15) is 5.75 Å². The van der Waals surface area contributed by atoms with Crippen molar-refractivity contribution in [3.8, 4) is 22.6 Å². The second-order valence-electron chi connectivity index (χ2n) is 11.6. The lowest BCUT2D eigenvalue weighted by atomic mass is 9.97. The maximum Gasteiger partial charge on any atom is 0.256 e. The number of ether oxygens (including phenoxy) is 4.